The van der Waals surface area contributed by atoms with Crippen LogP contribution in [0, 0.1) is 0 Å². The van der Waals surface area contributed by atoms with E-state index in [1.165, 1.54) is 0 Å². The van der Waals surface area contributed by atoms with Crippen molar-refractivity contribution < 1.29 is 14.6 Å². The van der Waals surface area contributed by atoms with Crippen molar-refractivity contribution in [1.82, 2.24) is 0 Å². The van der Waals surface area contributed by atoms with E-state index in [0.29, 0.717) is 6.54 Å². The third-order valence-corrected chi connectivity index (χ3v) is 3.52. The van der Waals surface area contributed by atoms with Gasteiger partial charge in [0.25, 0.3) is 0 Å². The zero-order valence-electron chi connectivity index (χ0n) is 10.9. The second-order valence-electron chi connectivity index (χ2n) is 4.20. The minimum absolute atomic E-state index is 0.286. The summed E-state index contributed by atoms with van der Waals surface area (Å²) in [5.41, 5.74) is 2.08. The minimum atomic E-state index is -0.922. The molecular weight excluding hydrogens is 322 g/mol. The van der Waals surface area contributed by atoms with Crippen LogP contribution in [0.15, 0.2) is 46.9 Å². The number of carboxylic acid groups (broad SMARTS) is 1. The summed E-state index contributed by atoms with van der Waals surface area (Å²) >= 11 is 3.46. The van der Waals surface area contributed by atoms with Gasteiger partial charge in [-0.1, -0.05) is 12.1 Å². The number of ether oxygens (including phenoxy) is 1. The Labute approximate surface area is 125 Å². The number of hydrogen-bond donors (Lipinski definition) is 2. The molecule has 0 atom stereocenters. The van der Waals surface area contributed by atoms with Gasteiger partial charge in [-0.15, -0.1) is 0 Å². The molecule has 0 heterocycles. The molecule has 0 radical (unpaired) electrons. The Morgan fingerprint density at radius 3 is 2.80 bits per heavy atom. The third kappa shape index (κ3) is 3.51. The Balaban J connectivity index is 2.12. The Kier molecular flexibility index (Phi) is 4.63. The second kappa shape index (κ2) is 6.43. The molecule has 2 aromatic rings. The van der Waals surface area contributed by atoms with Crippen LogP contribution >= 0.6 is 15.9 Å². The van der Waals surface area contributed by atoms with Crippen LogP contribution in [-0.4, -0.2) is 18.2 Å². The van der Waals surface area contributed by atoms with E-state index < -0.39 is 5.97 Å². The lowest BCUT2D eigenvalue weighted by molar-refractivity contribution is 0.0697. The van der Waals surface area contributed by atoms with E-state index in [1.807, 2.05) is 24.3 Å². The van der Waals surface area contributed by atoms with Gasteiger partial charge in [0.15, 0.2) is 0 Å². The van der Waals surface area contributed by atoms with Gasteiger partial charge >= 0.3 is 5.97 Å². The number of aromatic carboxylic acids is 1. The van der Waals surface area contributed by atoms with Crippen LogP contribution in [-0.2, 0) is 6.54 Å². The summed E-state index contributed by atoms with van der Waals surface area (Å²) in [7, 11) is 1.61. The fourth-order valence-electron chi connectivity index (χ4n) is 1.78. The van der Waals surface area contributed by atoms with Crippen molar-refractivity contribution >= 4 is 27.6 Å². The Bertz CT molecular complexity index is 628. The van der Waals surface area contributed by atoms with Crippen molar-refractivity contribution in [2.24, 2.45) is 0 Å². The maximum atomic E-state index is 10.9. The van der Waals surface area contributed by atoms with Gasteiger partial charge in [-0.2, -0.15) is 0 Å². The van der Waals surface area contributed by atoms with Crippen LogP contribution < -0.4 is 10.1 Å². The number of anilines is 1. The van der Waals surface area contributed by atoms with E-state index in [9.17, 15) is 4.79 Å². The smallest absolute Gasteiger partial charge is 0.335 e. The standard InChI is InChI=1S/C15H14BrNO3/c1-20-12-5-6-13(16)14(8-12)17-9-10-3-2-4-11(7-10)15(18)19/h2-8,17H,9H2,1H3,(H,18,19). The van der Waals surface area contributed by atoms with Crippen LogP contribution in [0.3, 0.4) is 0 Å². The molecule has 5 heteroatoms. The van der Waals surface area contributed by atoms with Gasteiger partial charge in [0.2, 0.25) is 0 Å². The van der Waals surface area contributed by atoms with Gasteiger partial charge in [0, 0.05) is 17.1 Å². The predicted octanol–water partition coefficient (Wildman–Crippen LogP) is 3.77. The summed E-state index contributed by atoms with van der Waals surface area (Å²) in [4.78, 5) is 10.9. The van der Waals surface area contributed by atoms with Crippen molar-refractivity contribution in [3.05, 3.63) is 58.1 Å². The fraction of sp³-hybridized carbons (Fsp3) is 0.133. The Hall–Kier alpha value is -2.01. The number of hydrogen-bond acceptors (Lipinski definition) is 3. The first-order chi connectivity index (χ1) is 9.60. The summed E-state index contributed by atoms with van der Waals surface area (Å²) < 4.78 is 6.10. The van der Waals surface area contributed by atoms with E-state index in [1.54, 1.807) is 25.3 Å². The van der Waals surface area contributed by atoms with E-state index >= 15 is 0 Å². The zero-order chi connectivity index (χ0) is 14.5. The van der Waals surface area contributed by atoms with Gasteiger partial charge < -0.3 is 15.2 Å². The fourth-order valence-corrected chi connectivity index (χ4v) is 2.17. The van der Waals surface area contributed by atoms with Crippen molar-refractivity contribution in [3.63, 3.8) is 0 Å². The summed E-state index contributed by atoms with van der Waals surface area (Å²) in [5.74, 6) is -0.163. The van der Waals surface area contributed by atoms with Crippen LogP contribution in [0.4, 0.5) is 5.69 Å². The largest absolute Gasteiger partial charge is 0.497 e. The molecular formula is C15H14BrNO3. The average Bonchev–Trinajstić information content (AvgIpc) is 2.46. The molecule has 0 aliphatic carbocycles. The molecule has 0 amide bonds. The van der Waals surface area contributed by atoms with Crippen LogP contribution in [0.2, 0.25) is 0 Å². The van der Waals surface area contributed by atoms with Gasteiger partial charge in [-0.3, -0.25) is 0 Å². The molecule has 20 heavy (non-hydrogen) atoms. The number of methoxy groups -OCH3 is 1. The Morgan fingerprint density at radius 2 is 2.10 bits per heavy atom. The lowest BCUT2D eigenvalue weighted by atomic mass is 10.1. The number of carbonyl (C=O) groups is 1. The maximum absolute atomic E-state index is 10.9. The molecule has 0 fully saturated rings. The second-order valence-corrected chi connectivity index (χ2v) is 5.06. The molecule has 0 saturated carbocycles. The first kappa shape index (κ1) is 14.4. The summed E-state index contributed by atoms with van der Waals surface area (Å²) in [6.07, 6.45) is 0. The minimum Gasteiger partial charge on any atom is -0.497 e. The zero-order valence-corrected chi connectivity index (χ0v) is 12.5. The van der Waals surface area contributed by atoms with Gasteiger partial charge in [0.1, 0.15) is 5.75 Å². The van der Waals surface area contributed by atoms with Crippen LogP contribution in [0.5, 0.6) is 5.75 Å². The normalized spacial score (nSPS) is 10.1. The van der Waals surface area contributed by atoms with Crippen molar-refractivity contribution in [1.29, 1.82) is 0 Å². The quantitative estimate of drug-likeness (QED) is 0.873. The van der Waals surface area contributed by atoms with E-state index in [0.717, 1.165) is 21.5 Å². The summed E-state index contributed by atoms with van der Waals surface area (Å²) in [5, 5.41) is 12.2. The average molecular weight is 336 g/mol. The third-order valence-electron chi connectivity index (χ3n) is 2.83. The highest BCUT2D eigenvalue weighted by molar-refractivity contribution is 9.10. The van der Waals surface area contributed by atoms with Gasteiger partial charge in [-0.05, 0) is 45.8 Å². The molecule has 2 rings (SSSR count). The highest BCUT2D eigenvalue weighted by Crippen LogP contribution is 2.27. The predicted molar refractivity (Wildman–Crippen MR) is 81.4 cm³/mol. The van der Waals surface area contributed by atoms with E-state index in [4.69, 9.17) is 9.84 Å². The molecule has 104 valence electrons. The molecule has 2 N–H and O–H groups in total. The van der Waals surface area contributed by atoms with Gasteiger partial charge in [-0.25, -0.2) is 4.79 Å². The molecule has 0 unspecified atom stereocenters. The highest BCUT2D eigenvalue weighted by atomic mass is 79.9. The van der Waals surface area contributed by atoms with E-state index in [-0.39, 0.29) is 5.56 Å². The van der Waals surface area contributed by atoms with Crippen LogP contribution in [0.1, 0.15) is 15.9 Å². The molecule has 0 aromatic heterocycles. The number of rotatable bonds is 5. The maximum Gasteiger partial charge on any atom is 0.335 e. The van der Waals surface area contributed by atoms with Crippen molar-refractivity contribution in [2.75, 3.05) is 12.4 Å². The molecule has 0 saturated heterocycles. The van der Waals surface area contributed by atoms with Gasteiger partial charge in [0.05, 0.1) is 18.4 Å². The summed E-state index contributed by atoms with van der Waals surface area (Å²) in [6, 6.07) is 12.5. The first-order valence-corrected chi connectivity index (χ1v) is 6.79. The molecule has 4 nitrogen and oxygen atoms in total. The summed E-state index contributed by atoms with van der Waals surface area (Å²) in [6.45, 7) is 0.535. The number of halogens is 1. The van der Waals surface area contributed by atoms with Crippen LogP contribution in [0.25, 0.3) is 0 Å². The lowest BCUT2D eigenvalue weighted by Crippen LogP contribution is -2.03. The molecule has 0 spiro atoms. The SMILES string of the molecule is COc1ccc(Br)c(NCc2cccc(C(=O)O)c2)c1. The highest BCUT2D eigenvalue weighted by Gasteiger charge is 2.05. The number of carboxylic acids is 1. The molecule has 0 aliphatic heterocycles. The monoisotopic (exact) mass is 335 g/mol. The Morgan fingerprint density at radius 1 is 1.30 bits per heavy atom. The topological polar surface area (TPSA) is 58.6 Å². The van der Waals surface area contributed by atoms with E-state index in [2.05, 4.69) is 21.2 Å². The van der Waals surface area contributed by atoms with Crippen molar-refractivity contribution in [2.45, 2.75) is 6.54 Å². The molecule has 2 aromatic carbocycles. The lowest BCUT2D eigenvalue weighted by Gasteiger charge is -2.10. The molecule has 0 bridgehead atoms. The number of benzene rings is 2. The number of nitrogens with one attached hydrogen (secondary N) is 1. The first-order valence-electron chi connectivity index (χ1n) is 6.00. The van der Waals surface area contributed by atoms with Crippen molar-refractivity contribution in [3.8, 4) is 5.75 Å². The molecule has 0 aliphatic rings.